The van der Waals surface area contributed by atoms with Gasteiger partial charge >= 0.3 is 5.97 Å². The molecule has 0 amide bonds. The van der Waals surface area contributed by atoms with Gasteiger partial charge < -0.3 is 4.74 Å². The number of fused-ring (bicyclic) bond motifs is 1. The van der Waals surface area contributed by atoms with E-state index in [2.05, 4.69) is 59.5 Å². The van der Waals surface area contributed by atoms with Crippen molar-refractivity contribution in [2.45, 2.75) is 18.9 Å². The second-order valence-corrected chi connectivity index (χ2v) is 7.26. The van der Waals surface area contributed by atoms with E-state index in [1.807, 2.05) is 12.1 Å². The zero-order valence-electron chi connectivity index (χ0n) is 15.2. The van der Waals surface area contributed by atoms with Gasteiger partial charge in [-0.15, -0.1) is 0 Å². The van der Waals surface area contributed by atoms with Crippen molar-refractivity contribution in [3.63, 3.8) is 0 Å². The third-order valence-electron chi connectivity index (χ3n) is 5.62. The lowest BCUT2D eigenvalue weighted by Gasteiger charge is -2.24. The third-order valence-corrected chi connectivity index (χ3v) is 5.62. The minimum Gasteiger partial charge on any atom is -0.468 e. The highest BCUT2D eigenvalue weighted by Gasteiger charge is 2.55. The van der Waals surface area contributed by atoms with E-state index in [4.69, 9.17) is 4.74 Å². The molecule has 26 heavy (non-hydrogen) atoms. The number of benzene rings is 2. The average Bonchev–Trinajstić information content (AvgIpc) is 3.36. The molecule has 2 fully saturated rings. The number of nitrogens with zero attached hydrogens (tertiary/aromatic N) is 1. The molecule has 3 nitrogen and oxygen atoms in total. The maximum atomic E-state index is 12.1. The molecule has 2 aromatic rings. The Morgan fingerprint density at radius 2 is 1.69 bits per heavy atom. The van der Waals surface area contributed by atoms with Crippen molar-refractivity contribution in [2.24, 2.45) is 11.8 Å². The quantitative estimate of drug-likeness (QED) is 0.740. The lowest BCUT2D eigenvalue weighted by Crippen LogP contribution is -2.40. The highest BCUT2D eigenvalue weighted by molar-refractivity contribution is 5.80. The summed E-state index contributed by atoms with van der Waals surface area (Å²) in [7, 11) is 1.50. The molecule has 0 aromatic heterocycles. The summed E-state index contributed by atoms with van der Waals surface area (Å²) < 4.78 is 5.03. The Morgan fingerprint density at radius 1 is 1.08 bits per heavy atom. The molecule has 3 unspecified atom stereocenters. The standard InChI is InChI=1S/C23H25NO2/c1-26-23(25)22-21-15-19(21)16-24(22)14-8-13-20(17-9-4-2-5-10-17)18-11-6-3-7-12-18/h2-7,9-13,19,21-22H,8,14-16H2,1H3. The van der Waals surface area contributed by atoms with E-state index in [1.54, 1.807) is 0 Å². The molecule has 2 aromatic carbocycles. The number of methoxy groups -OCH3 is 1. The van der Waals surface area contributed by atoms with Crippen LogP contribution in [-0.2, 0) is 9.53 Å². The van der Waals surface area contributed by atoms with Crippen LogP contribution in [0, 0.1) is 11.8 Å². The number of ether oxygens (including phenoxy) is 1. The molecule has 0 N–H and O–H groups in total. The predicted octanol–water partition coefficient (Wildman–Crippen LogP) is 4.00. The van der Waals surface area contributed by atoms with Crippen LogP contribution >= 0.6 is 0 Å². The molecule has 4 rings (SSSR count). The van der Waals surface area contributed by atoms with Gasteiger partial charge in [-0.05, 0) is 41.4 Å². The van der Waals surface area contributed by atoms with Crippen LogP contribution in [0.3, 0.4) is 0 Å². The van der Waals surface area contributed by atoms with E-state index in [-0.39, 0.29) is 12.0 Å². The van der Waals surface area contributed by atoms with Crippen molar-refractivity contribution < 1.29 is 9.53 Å². The highest BCUT2D eigenvalue weighted by Crippen LogP contribution is 2.49. The Balaban J connectivity index is 1.50. The van der Waals surface area contributed by atoms with Crippen LogP contribution in [0.5, 0.6) is 0 Å². The normalized spacial score (nSPS) is 24.0. The van der Waals surface area contributed by atoms with Crippen LogP contribution < -0.4 is 0 Å². The topological polar surface area (TPSA) is 29.5 Å². The van der Waals surface area contributed by atoms with Crippen molar-refractivity contribution >= 4 is 11.5 Å². The van der Waals surface area contributed by atoms with Gasteiger partial charge in [-0.25, -0.2) is 0 Å². The van der Waals surface area contributed by atoms with Gasteiger partial charge in [0.1, 0.15) is 6.04 Å². The molecule has 1 aliphatic carbocycles. The number of likely N-dealkylation sites (tertiary alicyclic amines) is 1. The van der Waals surface area contributed by atoms with Gasteiger partial charge in [0.25, 0.3) is 0 Å². The van der Waals surface area contributed by atoms with Crippen LogP contribution in [0.4, 0.5) is 0 Å². The Labute approximate surface area is 155 Å². The summed E-state index contributed by atoms with van der Waals surface area (Å²) in [5, 5.41) is 0. The van der Waals surface area contributed by atoms with Crippen LogP contribution in [0.15, 0.2) is 66.7 Å². The SMILES string of the molecule is COC(=O)C1C2CC2CN1CCC=C(c1ccccc1)c1ccccc1. The van der Waals surface area contributed by atoms with Gasteiger partial charge in [-0.2, -0.15) is 0 Å². The number of carbonyl (C=O) groups is 1. The van der Waals surface area contributed by atoms with E-state index in [9.17, 15) is 4.79 Å². The van der Waals surface area contributed by atoms with Crippen LogP contribution in [0.25, 0.3) is 5.57 Å². The van der Waals surface area contributed by atoms with E-state index < -0.39 is 0 Å². The van der Waals surface area contributed by atoms with Gasteiger partial charge in [0.15, 0.2) is 0 Å². The molecule has 1 heterocycles. The summed E-state index contributed by atoms with van der Waals surface area (Å²) in [6.07, 6.45) is 4.42. The summed E-state index contributed by atoms with van der Waals surface area (Å²) in [4.78, 5) is 14.4. The molecule has 1 saturated carbocycles. The zero-order valence-corrected chi connectivity index (χ0v) is 15.2. The number of carbonyl (C=O) groups excluding carboxylic acids is 1. The molecule has 3 heteroatoms. The summed E-state index contributed by atoms with van der Waals surface area (Å²) in [5.74, 6) is 1.16. The second kappa shape index (κ2) is 7.46. The van der Waals surface area contributed by atoms with Gasteiger partial charge in [-0.3, -0.25) is 9.69 Å². The molecule has 3 atom stereocenters. The second-order valence-electron chi connectivity index (χ2n) is 7.26. The first-order chi connectivity index (χ1) is 12.8. The zero-order chi connectivity index (χ0) is 17.9. The highest BCUT2D eigenvalue weighted by atomic mass is 16.5. The van der Waals surface area contributed by atoms with Gasteiger partial charge in [0.2, 0.25) is 0 Å². The Kier molecular flexibility index (Phi) is 4.89. The maximum absolute atomic E-state index is 12.1. The third kappa shape index (κ3) is 3.45. The molecule has 0 radical (unpaired) electrons. The number of piperidine rings is 1. The summed E-state index contributed by atoms with van der Waals surface area (Å²) in [6.45, 7) is 1.93. The van der Waals surface area contributed by atoms with Crippen molar-refractivity contribution in [1.82, 2.24) is 4.90 Å². The van der Waals surface area contributed by atoms with Crippen LogP contribution in [-0.4, -0.2) is 37.1 Å². The average molecular weight is 347 g/mol. The maximum Gasteiger partial charge on any atom is 0.323 e. The summed E-state index contributed by atoms with van der Waals surface area (Å²) >= 11 is 0. The minimum atomic E-state index is -0.0645. The van der Waals surface area contributed by atoms with Crippen molar-refractivity contribution in [2.75, 3.05) is 20.2 Å². The molecule has 0 spiro atoms. The fraction of sp³-hybridized carbons (Fsp3) is 0.348. The van der Waals surface area contributed by atoms with Crippen molar-refractivity contribution in [3.8, 4) is 0 Å². The minimum absolute atomic E-state index is 0.0321. The first-order valence-corrected chi connectivity index (χ1v) is 9.41. The lowest BCUT2D eigenvalue weighted by molar-refractivity contribution is -0.146. The van der Waals surface area contributed by atoms with Crippen molar-refractivity contribution in [1.29, 1.82) is 0 Å². The fourth-order valence-electron chi connectivity index (χ4n) is 4.24. The molecule has 134 valence electrons. The number of rotatable bonds is 6. The number of hydrogen-bond acceptors (Lipinski definition) is 3. The summed E-state index contributed by atoms with van der Waals surface area (Å²) in [6, 6.07) is 21.0. The smallest absolute Gasteiger partial charge is 0.323 e. The Hall–Kier alpha value is -2.39. The monoisotopic (exact) mass is 347 g/mol. The molecule has 0 bridgehead atoms. The predicted molar refractivity (Wildman–Crippen MR) is 104 cm³/mol. The molecular weight excluding hydrogens is 322 g/mol. The van der Waals surface area contributed by atoms with Gasteiger partial charge in [0, 0.05) is 13.1 Å². The van der Waals surface area contributed by atoms with E-state index in [1.165, 1.54) is 30.2 Å². The van der Waals surface area contributed by atoms with E-state index in [0.717, 1.165) is 19.5 Å². The van der Waals surface area contributed by atoms with E-state index in [0.29, 0.717) is 11.8 Å². The number of esters is 1. The fourth-order valence-corrected chi connectivity index (χ4v) is 4.24. The van der Waals surface area contributed by atoms with E-state index >= 15 is 0 Å². The largest absolute Gasteiger partial charge is 0.468 e. The van der Waals surface area contributed by atoms with Gasteiger partial charge in [-0.1, -0.05) is 66.7 Å². The van der Waals surface area contributed by atoms with Crippen molar-refractivity contribution in [3.05, 3.63) is 77.9 Å². The molecular formula is C23H25NO2. The molecule has 2 aliphatic rings. The Bertz CT molecular complexity index is 743. The Morgan fingerprint density at radius 3 is 2.27 bits per heavy atom. The van der Waals surface area contributed by atoms with Crippen LogP contribution in [0.1, 0.15) is 24.0 Å². The van der Waals surface area contributed by atoms with Crippen LogP contribution in [0.2, 0.25) is 0 Å². The van der Waals surface area contributed by atoms with Gasteiger partial charge in [0.05, 0.1) is 7.11 Å². The first kappa shape index (κ1) is 17.0. The summed E-state index contributed by atoms with van der Waals surface area (Å²) in [5.41, 5.74) is 3.71. The lowest BCUT2D eigenvalue weighted by atomic mass is 9.97. The number of hydrogen-bond donors (Lipinski definition) is 0. The molecule has 1 saturated heterocycles. The molecule has 1 aliphatic heterocycles. The first-order valence-electron chi connectivity index (χ1n) is 9.41.